The Morgan fingerprint density at radius 3 is 3.13 bits per heavy atom. The van der Waals surface area contributed by atoms with Crippen LogP contribution < -0.4 is 5.32 Å². The lowest BCUT2D eigenvalue weighted by molar-refractivity contribution is 0.0112. The van der Waals surface area contributed by atoms with Gasteiger partial charge in [0.25, 0.3) is 0 Å². The van der Waals surface area contributed by atoms with Crippen LogP contribution in [0.1, 0.15) is 31.3 Å². The van der Waals surface area contributed by atoms with Crippen LogP contribution >= 0.6 is 0 Å². The second kappa shape index (κ2) is 4.77. The van der Waals surface area contributed by atoms with Gasteiger partial charge in [-0.1, -0.05) is 0 Å². The number of hydrogen-bond donors (Lipinski definition) is 2. The SMILES string of the molecule is Cc1ncc(CO[C@H]2CCN[C@@H](C)C2)[nH]1. The number of rotatable bonds is 3. The highest BCUT2D eigenvalue weighted by atomic mass is 16.5. The zero-order valence-corrected chi connectivity index (χ0v) is 9.42. The first-order chi connectivity index (χ1) is 7.24. The Hall–Kier alpha value is -0.870. The first-order valence-electron chi connectivity index (χ1n) is 5.59. The molecule has 1 aliphatic heterocycles. The highest BCUT2D eigenvalue weighted by molar-refractivity contribution is 4.98. The summed E-state index contributed by atoms with van der Waals surface area (Å²) in [5.74, 6) is 0.951. The van der Waals surface area contributed by atoms with Crippen LogP contribution in [0.5, 0.6) is 0 Å². The number of piperidine rings is 1. The zero-order valence-electron chi connectivity index (χ0n) is 9.42. The first-order valence-corrected chi connectivity index (χ1v) is 5.59. The molecule has 84 valence electrons. The lowest BCUT2D eigenvalue weighted by atomic mass is 10.0. The monoisotopic (exact) mass is 209 g/mol. The molecule has 2 atom stereocenters. The van der Waals surface area contributed by atoms with E-state index in [9.17, 15) is 0 Å². The third-order valence-corrected chi connectivity index (χ3v) is 2.81. The highest BCUT2D eigenvalue weighted by Gasteiger charge is 2.18. The molecule has 2 N–H and O–H groups in total. The van der Waals surface area contributed by atoms with Gasteiger partial charge in [-0.2, -0.15) is 0 Å². The summed E-state index contributed by atoms with van der Waals surface area (Å²) in [5.41, 5.74) is 1.07. The van der Waals surface area contributed by atoms with Crippen LogP contribution in [0, 0.1) is 6.92 Å². The fraction of sp³-hybridized carbons (Fsp3) is 0.727. The maximum Gasteiger partial charge on any atom is 0.103 e. The van der Waals surface area contributed by atoms with Crippen LogP contribution in [0.3, 0.4) is 0 Å². The van der Waals surface area contributed by atoms with Crippen molar-refractivity contribution in [1.82, 2.24) is 15.3 Å². The number of H-pyrrole nitrogens is 1. The summed E-state index contributed by atoms with van der Waals surface area (Å²) in [6, 6.07) is 0.576. The topological polar surface area (TPSA) is 49.9 Å². The normalized spacial score (nSPS) is 26.8. The molecule has 0 radical (unpaired) electrons. The van der Waals surface area contributed by atoms with Gasteiger partial charge in [0.1, 0.15) is 5.82 Å². The molecule has 1 saturated heterocycles. The largest absolute Gasteiger partial charge is 0.372 e. The number of nitrogens with one attached hydrogen (secondary N) is 2. The summed E-state index contributed by atoms with van der Waals surface area (Å²) in [5, 5.41) is 3.41. The van der Waals surface area contributed by atoms with Crippen LogP contribution in [-0.2, 0) is 11.3 Å². The summed E-state index contributed by atoms with van der Waals surface area (Å²) in [4.78, 5) is 7.32. The van der Waals surface area contributed by atoms with Gasteiger partial charge in [-0.25, -0.2) is 4.98 Å². The van der Waals surface area contributed by atoms with E-state index in [1.165, 1.54) is 0 Å². The maximum absolute atomic E-state index is 5.84. The molecule has 0 aromatic carbocycles. The zero-order chi connectivity index (χ0) is 10.7. The van der Waals surface area contributed by atoms with Gasteiger partial charge < -0.3 is 15.0 Å². The van der Waals surface area contributed by atoms with Crippen LogP contribution in [0.4, 0.5) is 0 Å². The molecule has 4 heteroatoms. The van der Waals surface area contributed by atoms with Crippen molar-refractivity contribution in [3.05, 3.63) is 17.7 Å². The number of aromatic amines is 1. The van der Waals surface area contributed by atoms with Gasteiger partial charge in [0.05, 0.1) is 24.6 Å². The minimum absolute atomic E-state index is 0.393. The molecule has 15 heavy (non-hydrogen) atoms. The molecule has 0 bridgehead atoms. The van der Waals surface area contributed by atoms with E-state index >= 15 is 0 Å². The second-order valence-corrected chi connectivity index (χ2v) is 4.31. The standard InChI is InChI=1S/C11H19N3O/c1-8-5-11(3-4-12-8)15-7-10-6-13-9(2)14-10/h6,8,11-12H,3-5,7H2,1-2H3,(H,13,14)/t8-,11-/m0/s1. The predicted molar refractivity (Wildman–Crippen MR) is 58.6 cm³/mol. The fourth-order valence-electron chi connectivity index (χ4n) is 1.99. The maximum atomic E-state index is 5.84. The van der Waals surface area contributed by atoms with E-state index in [4.69, 9.17) is 4.74 Å². The first kappa shape index (κ1) is 10.6. The van der Waals surface area contributed by atoms with Gasteiger partial charge >= 0.3 is 0 Å². The lowest BCUT2D eigenvalue weighted by Crippen LogP contribution is -2.39. The van der Waals surface area contributed by atoms with E-state index in [1.807, 2.05) is 13.1 Å². The Bertz CT molecular complexity index is 311. The minimum Gasteiger partial charge on any atom is -0.372 e. The number of aryl methyl sites for hydroxylation is 1. The molecule has 0 spiro atoms. The van der Waals surface area contributed by atoms with E-state index in [2.05, 4.69) is 22.2 Å². The van der Waals surface area contributed by atoms with Crippen molar-refractivity contribution < 1.29 is 4.74 Å². The van der Waals surface area contributed by atoms with Gasteiger partial charge in [-0.15, -0.1) is 0 Å². The highest BCUT2D eigenvalue weighted by Crippen LogP contribution is 2.13. The van der Waals surface area contributed by atoms with Gasteiger partial charge in [0.2, 0.25) is 0 Å². The minimum atomic E-state index is 0.393. The van der Waals surface area contributed by atoms with Crippen molar-refractivity contribution >= 4 is 0 Å². The third-order valence-electron chi connectivity index (χ3n) is 2.81. The molecular formula is C11H19N3O. The molecule has 2 heterocycles. The van der Waals surface area contributed by atoms with E-state index < -0.39 is 0 Å². The van der Waals surface area contributed by atoms with Crippen LogP contribution in [-0.4, -0.2) is 28.7 Å². The Balaban J connectivity index is 1.77. The molecule has 2 rings (SSSR count). The van der Waals surface area contributed by atoms with Gasteiger partial charge in [-0.05, 0) is 33.2 Å². The molecule has 1 aromatic rings. The summed E-state index contributed by atoms with van der Waals surface area (Å²) in [6.45, 7) is 5.87. The van der Waals surface area contributed by atoms with Crippen molar-refractivity contribution in [1.29, 1.82) is 0 Å². The molecule has 1 aromatic heterocycles. The molecule has 4 nitrogen and oxygen atoms in total. The Morgan fingerprint density at radius 1 is 1.60 bits per heavy atom. The second-order valence-electron chi connectivity index (χ2n) is 4.31. The van der Waals surface area contributed by atoms with Crippen molar-refractivity contribution in [3.8, 4) is 0 Å². The average molecular weight is 209 g/mol. The molecule has 1 aliphatic rings. The number of hydrogen-bond acceptors (Lipinski definition) is 3. The van der Waals surface area contributed by atoms with E-state index in [1.54, 1.807) is 0 Å². The summed E-state index contributed by atoms with van der Waals surface area (Å²) >= 11 is 0. The fourth-order valence-corrected chi connectivity index (χ4v) is 1.99. The number of aromatic nitrogens is 2. The predicted octanol–water partition coefficient (Wildman–Crippen LogP) is 1.38. The Kier molecular flexibility index (Phi) is 3.38. The van der Waals surface area contributed by atoms with E-state index in [-0.39, 0.29) is 0 Å². The lowest BCUT2D eigenvalue weighted by Gasteiger charge is -2.27. The van der Waals surface area contributed by atoms with Crippen LogP contribution in [0.15, 0.2) is 6.20 Å². The number of imidazole rings is 1. The number of ether oxygens (including phenoxy) is 1. The van der Waals surface area contributed by atoms with Gasteiger partial charge in [-0.3, -0.25) is 0 Å². The molecule has 0 amide bonds. The van der Waals surface area contributed by atoms with Crippen molar-refractivity contribution in [2.45, 2.75) is 45.4 Å². The summed E-state index contributed by atoms with van der Waals surface area (Å²) in [7, 11) is 0. The molecule has 0 unspecified atom stereocenters. The third kappa shape index (κ3) is 3.04. The molecule has 1 fully saturated rings. The summed E-state index contributed by atoms with van der Waals surface area (Å²) < 4.78 is 5.84. The Morgan fingerprint density at radius 2 is 2.47 bits per heavy atom. The number of nitrogens with zero attached hydrogens (tertiary/aromatic N) is 1. The molecule has 0 saturated carbocycles. The van der Waals surface area contributed by atoms with Crippen molar-refractivity contribution in [2.24, 2.45) is 0 Å². The molecular weight excluding hydrogens is 190 g/mol. The summed E-state index contributed by atoms with van der Waals surface area (Å²) in [6.07, 6.45) is 4.45. The Labute approximate surface area is 90.4 Å². The van der Waals surface area contributed by atoms with E-state index in [0.29, 0.717) is 18.8 Å². The smallest absolute Gasteiger partial charge is 0.103 e. The quantitative estimate of drug-likeness (QED) is 0.790. The van der Waals surface area contributed by atoms with Gasteiger partial charge in [0.15, 0.2) is 0 Å². The average Bonchev–Trinajstić information content (AvgIpc) is 2.62. The van der Waals surface area contributed by atoms with Crippen molar-refractivity contribution in [2.75, 3.05) is 6.54 Å². The van der Waals surface area contributed by atoms with Crippen molar-refractivity contribution in [3.63, 3.8) is 0 Å². The van der Waals surface area contributed by atoms with Gasteiger partial charge in [0, 0.05) is 6.04 Å². The van der Waals surface area contributed by atoms with E-state index in [0.717, 1.165) is 30.9 Å². The van der Waals surface area contributed by atoms with Crippen LogP contribution in [0.2, 0.25) is 0 Å². The molecule has 0 aliphatic carbocycles. The van der Waals surface area contributed by atoms with Crippen LogP contribution in [0.25, 0.3) is 0 Å².